The number of ether oxygens (including phenoxy) is 2. The fourth-order valence-corrected chi connectivity index (χ4v) is 2.96. The third-order valence-corrected chi connectivity index (χ3v) is 5.09. The van der Waals surface area contributed by atoms with E-state index in [1.807, 2.05) is 13.8 Å². The molecule has 0 aliphatic rings. The molecule has 0 aliphatic carbocycles. The van der Waals surface area contributed by atoms with Crippen LogP contribution in [0.25, 0.3) is 0 Å². The lowest BCUT2D eigenvalue weighted by atomic mass is 9.95. The first kappa shape index (κ1) is 17.7. The molecule has 0 fully saturated rings. The van der Waals surface area contributed by atoms with Gasteiger partial charge in [-0.05, 0) is 25.0 Å². The molecular weight excluding hydrogens is 292 g/mol. The van der Waals surface area contributed by atoms with Crippen LogP contribution in [0, 0.1) is 0 Å². The molecule has 1 rings (SSSR count). The van der Waals surface area contributed by atoms with E-state index in [-0.39, 0.29) is 11.4 Å². The van der Waals surface area contributed by atoms with Gasteiger partial charge >= 0.3 is 0 Å². The predicted octanol–water partition coefficient (Wildman–Crippen LogP) is 1.50. The molecule has 0 bridgehead atoms. The van der Waals surface area contributed by atoms with E-state index in [1.54, 1.807) is 6.07 Å². The van der Waals surface area contributed by atoms with Gasteiger partial charge in [0, 0.05) is 18.2 Å². The summed E-state index contributed by atoms with van der Waals surface area (Å²) in [5.41, 5.74) is 5.57. The van der Waals surface area contributed by atoms with E-state index < -0.39 is 15.6 Å². The van der Waals surface area contributed by atoms with Crippen molar-refractivity contribution in [2.24, 2.45) is 5.73 Å². The minimum Gasteiger partial charge on any atom is -0.493 e. The Kier molecular flexibility index (Phi) is 6.00. The van der Waals surface area contributed by atoms with Gasteiger partial charge in [0.05, 0.1) is 19.1 Å². The Morgan fingerprint density at radius 1 is 1.14 bits per heavy atom. The zero-order valence-electron chi connectivity index (χ0n) is 13.0. The van der Waals surface area contributed by atoms with E-state index in [9.17, 15) is 8.42 Å². The molecular formula is C14H24N2O4S. The number of hydrogen-bond donors (Lipinski definition) is 2. The van der Waals surface area contributed by atoms with Crippen LogP contribution in [0.3, 0.4) is 0 Å². The minimum atomic E-state index is -3.64. The van der Waals surface area contributed by atoms with Crippen molar-refractivity contribution in [3.63, 3.8) is 0 Å². The fourth-order valence-electron chi connectivity index (χ4n) is 1.81. The molecule has 1 aromatic carbocycles. The van der Waals surface area contributed by atoms with Crippen LogP contribution < -0.4 is 19.9 Å². The Hall–Kier alpha value is -1.31. The van der Waals surface area contributed by atoms with Gasteiger partial charge in [-0.1, -0.05) is 13.8 Å². The summed E-state index contributed by atoms with van der Waals surface area (Å²) in [7, 11) is -0.682. The Labute approximate surface area is 126 Å². The van der Waals surface area contributed by atoms with Crippen LogP contribution in [-0.2, 0) is 10.0 Å². The lowest BCUT2D eigenvalue weighted by Crippen LogP contribution is -2.49. The second-order valence-corrected chi connectivity index (χ2v) is 6.68. The quantitative estimate of drug-likeness (QED) is 0.758. The third kappa shape index (κ3) is 4.33. The fraction of sp³-hybridized carbons (Fsp3) is 0.571. The van der Waals surface area contributed by atoms with Crippen LogP contribution in [0.5, 0.6) is 11.5 Å². The maximum Gasteiger partial charge on any atom is 0.240 e. The van der Waals surface area contributed by atoms with Crippen molar-refractivity contribution in [2.75, 3.05) is 20.8 Å². The van der Waals surface area contributed by atoms with Gasteiger partial charge in [0.15, 0.2) is 11.5 Å². The summed E-state index contributed by atoms with van der Waals surface area (Å²) in [6, 6.07) is 4.46. The molecule has 7 heteroatoms. The van der Waals surface area contributed by atoms with E-state index in [4.69, 9.17) is 15.2 Å². The SMILES string of the molecule is CCC(N)(CC)CNS(=O)(=O)c1ccc(OC)c(OC)c1. The summed E-state index contributed by atoms with van der Waals surface area (Å²) in [5, 5.41) is 0. The smallest absolute Gasteiger partial charge is 0.240 e. The van der Waals surface area contributed by atoms with Gasteiger partial charge in [-0.3, -0.25) is 0 Å². The highest BCUT2D eigenvalue weighted by molar-refractivity contribution is 7.89. The van der Waals surface area contributed by atoms with Gasteiger partial charge in [0.1, 0.15) is 0 Å². The molecule has 0 aliphatic heterocycles. The number of hydrogen-bond acceptors (Lipinski definition) is 5. The van der Waals surface area contributed by atoms with Crippen molar-refractivity contribution in [1.82, 2.24) is 4.72 Å². The first-order chi connectivity index (χ1) is 9.81. The first-order valence-corrected chi connectivity index (χ1v) is 8.30. The van der Waals surface area contributed by atoms with Crippen LogP contribution in [0.1, 0.15) is 26.7 Å². The molecule has 0 saturated heterocycles. The van der Waals surface area contributed by atoms with Crippen molar-refractivity contribution >= 4 is 10.0 Å². The van der Waals surface area contributed by atoms with E-state index in [2.05, 4.69) is 4.72 Å². The molecule has 0 unspecified atom stereocenters. The van der Waals surface area contributed by atoms with Crippen molar-refractivity contribution < 1.29 is 17.9 Å². The van der Waals surface area contributed by atoms with Gasteiger partial charge in [-0.15, -0.1) is 0 Å². The molecule has 21 heavy (non-hydrogen) atoms. The molecule has 0 heterocycles. The normalized spacial score (nSPS) is 12.2. The van der Waals surface area contributed by atoms with Crippen LogP contribution in [0.4, 0.5) is 0 Å². The van der Waals surface area contributed by atoms with Crippen molar-refractivity contribution in [3.05, 3.63) is 18.2 Å². The highest BCUT2D eigenvalue weighted by atomic mass is 32.2. The highest BCUT2D eigenvalue weighted by Crippen LogP contribution is 2.29. The van der Waals surface area contributed by atoms with Gasteiger partial charge < -0.3 is 15.2 Å². The summed E-state index contributed by atoms with van der Waals surface area (Å²) in [4.78, 5) is 0.120. The molecule has 0 spiro atoms. The van der Waals surface area contributed by atoms with Crippen molar-refractivity contribution in [2.45, 2.75) is 37.1 Å². The molecule has 3 N–H and O–H groups in total. The topological polar surface area (TPSA) is 90.7 Å². The molecule has 6 nitrogen and oxygen atoms in total. The van der Waals surface area contributed by atoms with Crippen molar-refractivity contribution in [3.8, 4) is 11.5 Å². The summed E-state index contributed by atoms with van der Waals surface area (Å²) < 4.78 is 37.4. The molecule has 0 amide bonds. The minimum absolute atomic E-state index is 0.120. The van der Waals surface area contributed by atoms with Crippen molar-refractivity contribution in [1.29, 1.82) is 0 Å². The monoisotopic (exact) mass is 316 g/mol. The second-order valence-electron chi connectivity index (χ2n) is 4.91. The lowest BCUT2D eigenvalue weighted by molar-refractivity contribution is 0.353. The molecule has 0 atom stereocenters. The van der Waals surface area contributed by atoms with E-state index in [0.717, 1.165) is 0 Å². The van der Waals surface area contributed by atoms with Gasteiger partial charge in [-0.25, -0.2) is 13.1 Å². The molecule has 0 aromatic heterocycles. The highest BCUT2D eigenvalue weighted by Gasteiger charge is 2.24. The van der Waals surface area contributed by atoms with Crippen LogP contribution >= 0.6 is 0 Å². The largest absolute Gasteiger partial charge is 0.493 e. The molecule has 0 saturated carbocycles. The van der Waals surface area contributed by atoms with E-state index in [0.29, 0.717) is 24.3 Å². The number of nitrogens with one attached hydrogen (secondary N) is 1. The van der Waals surface area contributed by atoms with E-state index >= 15 is 0 Å². The number of methoxy groups -OCH3 is 2. The maximum absolute atomic E-state index is 12.3. The maximum atomic E-state index is 12.3. The molecule has 0 radical (unpaired) electrons. The Morgan fingerprint density at radius 2 is 1.71 bits per heavy atom. The summed E-state index contributed by atoms with van der Waals surface area (Å²) in [6.45, 7) is 4.07. The summed E-state index contributed by atoms with van der Waals surface area (Å²) in [6.07, 6.45) is 1.38. The summed E-state index contributed by atoms with van der Waals surface area (Å²) >= 11 is 0. The number of nitrogens with two attached hydrogens (primary N) is 1. The van der Waals surface area contributed by atoms with E-state index in [1.165, 1.54) is 26.4 Å². The summed E-state index contributed by atoms with van der Waals surface area (Å²) in [5.74, 6) is 0.845. The zero-order valence-corrected chi connectivity index (χ0v) is 13.8. The lowest BCUT2D eigenvalue weighted by Gasteiger charge is -2.26. The first-order valence-electron chi connectivity index (χ1n) is 6.82. The predicted molar refractivity (Wildman–Crippen MR) is 82.2 cm³/mol. The average molecular weight is 316 g/mol. The third-order valence-electron chi connectivity index (χ3n) is 3.69. The van der Waals surface area contributed by atoms with Crippen LogP contribution in [0.2, 0.25) is 0 Å². The standard InChI is InChI=1S/C14H24N2O4S/c1-5-14(15,6-2)10-16-21(17,18)11-7-8-12(19-3)13(9-11)20-4/h7-9,16H,5-6,10,15H2,1-4H3. The molecule has 120 valence electrons. The Bertz CT molecular complexity index is 568. The van der Waals surface area contributed by atoms with Gasteiger partial charge in [-0.2, -0.15) is 0 Å². The van der Waals surface area contributed by atoms with Gasteiger partial charge in [0.2, 0.25) is 10.0 Å². The number of benzene rings is 1. The second kappa shape index (κ2) is 7.11. The van der Waals surface area contributed by atoms with Gasteiger partial charge in [0.25, 0.3) is 0 Å². The Morgan fingerprint density at radius 3 is 2.19 bits per heavy atom. The molecule has 1 aromatic rings. The van der Waals surface area contributed by atoms with Crippen LogP contribution in [-0.4, -0.2) is 34.7 Å². The van der Waals surface area contributed by atoms with Crippen LogP contribution in [0.15, 0.2) is 23.1 Å². The number of rotatable bonds is 8. The average Bonchev–Trinajstić information content (AvgIpc) is 2.51. The Balaban J connectivity index is 2.98. The number of sulfonamides is 1. The zero-order chi connectivity index (χ0) is 16.1.